The van der Waals surface area contributed by atoms with E-state index in [0.29, 0.717) is 16.9 Å². The molecule has 0 bridgehead atoms. The van der Waals surface area contributed by atoms with Crippen molar-refractivity contribution in [3.8, 4) is 0 Å². The molecule has 3 rings (SSSR count). The van der Waals surface area contributed by atoms with E-state index in [4.69, 9.17) is 0 Å². The van der Waals surface area contributed by atoms with Gasteiger partial charge in [0.25, 0.3) is 11.8 Å². The van der Waals surface area contributed by atoms with Crippen LogP contribution in [0, 0.1) is 0 Å². The number of rotatable bonds is 5. The third-order valence-electron chi connectivity index (χ3n) is 4.24. The van der Waals surface area contributed by atoms with Crippen molar-refractivity contribution in [1.29, 1.82) is 0 Å². The minimum Gasteiger partial charge on any atom is -0.359 e. The Morgan fingerprint density at radius 1 is 1.11 bits per heavy atom. The molecule has 3 amide bonds. The van der Waals surface area contributed by atoms with E-state index in [1.807, 2.05) is 6.07 Å². The lowest BCUT2D eigenvalue weighted by Crippen LogP contribution is -2.57. The van der Waals surface area contributed by atoms with Crippen molar-refractivity contribution >= 4 is 34.9 Å². The van der Waals surface area contributed by atoms with Gasteiger partial charge in [-0.15, -0.1) is 0 Å². The molecule has 0 aliphatic carbocycles. The van der Waals surface area contributed by atoms with Gasteiger partial charge in [-0.3, -0.25) is 19.8 Å². The van der Waals surface area contributed by atoms with Gasteiger partial charge in [0.15, 0.2) is 0 Å². The number of aliphatic imine (C=N–C) groups is 1. The summed E-state index contributed by atoms with van der Waals surface area (Å²) in [6, 6.07) is 15.3. The second kappa shape index (κ2) is 8.34. The molecule has 8 heteroatoms. The third-order valence-corrected chi connectivity index (χ3v) is 4.24. The first kappa shape index (κ1) is 19.1. The van der Waals surface area contributed by atoms with E-state index < -0.39 is 11.9 Å². The smallest absolute Gasteiger partial charge is 0.292 e. The number of hydrogen-bond donors (Lipinski definition) is 3. The van der Waals surface area contributed by atoms with Crippen molar-refractivity contribution in [3.63, 3.8) is 0 Å². The summed E-state index contributed by atoms with van der Waals surface area (Å²) in [7, 11) is 1.56. The number of amides is 3. The molecule has 2 aromatic rings. The van der Waals surface area contributed by atoms with Crippen LogP contribution in [-0.4, -0.2) is 36.6 Å². The summed E-state index contributed by atoms with van der Waals surface area (Å²) in [4.78, 5) is 41.1. The highest BCUT2D eigenvalue weighted by Gasteiger charge is 2.30. The zero-order valence-electron chi connectivity index (χ0n) is 15.6. The van der Waals surface area contributed by atoms with Crippen LogP contribution in [0.25, 0.3) is 0 Å². The maximum Gasteiger partial charge on any atom is 0.292 e. The van der Waals surface area contributed by atoms with Crippen LogP contribution in [0.2, 0.25) is 0 Å². The highest BCUT2D eigenvalue weighted by molar-refractivity contribution is 6.43. The van der Waals surface area contributed by atoms with Crippen LogP contribution in [0.1, 0.15) is 12.5 Å². The van der Waals surface area contributed by atoms with E-state index in [1.54, 1.807) is 62.5 Å². The lowest BCUT2D eigenvalue weighted by Gasteiger charge is -2.30. The number of amidine groups is 1. The van der Waals surface area contributed by atoms with Gasteiger partial charge >= 0.3 is 0 Å². The molecule has 0 spiro atoms. The summed E-state index contributed by atoms with van der Waals surface area (Å²) < 4.78 is 0. The Kier molecular flexibility index (Phi) is 5.69. The van der Waals surface area contributed by atoms with Crippen molar-refractivity contribution < 1.29 is 14.4 Å². The first-order chi connectivity index (χ1) is 13.5. The molecule has 28 heavy (non-hydrogen) atoms. The molecule has 0 radical (unpaired) electrons. The van der Waals surface area contributed by atoms with Gasteiger partial charge in [-0.1, -0.05) is 36.4 Å². The number of para-hydroxylation sites is 2. The van der Waals surface area contributed by atoms with E-state index in [-0.39, 0.29) is 24.1 Å². The number of benzene rings is 2. The average Bonchev–Trinajstić information content (AvgIpc) is 2.71. The fourth-order valence-electron chi connectivity index (χ4n) is 2.74. The van der Waals surface area contributed by atoms with Crippen molar-refractivity contribution in [1.82, 2.24) is 10.7 Å². The van der Waals surface area contributed by atoms with Gasteiger partial charge in [-0.05, 0) is 30.7 Å². The predicted octanol–water partition coefficient (Wildman–Crippen LogP) is 1.25. The van der Waals surface area contributed by atoms with Gasteiger partial charge in [0, 0.05) is 12.7 Å². The molecule has 0 fully saturated rings. The Morgan fingerprint density at radius 2 is 1.79 bits per heavy atom. The minimum atomic E-state index is -0.705. The van der Waals surface area contributed by atoms with Gasteiger partial charge in [0.2, 0.25) is 11.7 Å². The lowest BCUT2D eigenvalue weighted by atomic mass is 10.1. The molecule has 1 aliphatic rings. The maximum atomic E-state index is 12.8. The molecule has 0 saturated heterocycles. The normalized spacial score (nSPS) is 16.1. The van der Waals surface area contributed by atoms with Crippen LogP contribution in [0.4, 0.5) is 11.4 Å². The summed E-state index contributed by atoms with van der Waals surface area (Å²) in [5, 5.41) is 6.64. The topological polar surface area (TPSA) is 103 Å². The molecule has 1 atom stereocenters. The van der Waals surface area contributed by atoms with Crippen molar-refractivity contribution in [3.05, 3.63) is 60.2 Å². The number of hydrazine groups is 1. The quantitative estimate of drug-likeness (QED) is 0.727. The first-order valence-electron chi connectivity index (χ1n) is 8.83. The van der Waals surface area contributed by atoms with Crippen LogP contribution in [0.3, 0.4) is 0 Å². The van der Waals surface area contributed by atoms with Gasteiger partial charge in [-0.2, -0.15) is 0 Å². The zero-order chi connectivity index (χ0) is 20.1. The molecular formula is C20H21N5O3. The largest absolute Gasteiger partial charge is 0.359 e. The third kappa shape index (κ3) is 4.17. The van der Waals surface area contributed by atoms with Gasteiger partial charge in [0.1, 0.15) is 6.04 Å². The summed E-state index contributed by atoms with van der Waals surface area (Å²) >= 11 is 0. The Balaban J connectivity index is 1.80. The van der Waals surface area contributed by atoms with Crippen LogP contribution < -0.4 is 21.1 Å². The maximum absolute atomic E-state index is 12.8. The number of nitrogens with one attached hydrogen (secondary N) is 3. The van der Waals surface area contributed by atoms with Crippen LogP contribution in [-0.2, 0) is 20.8 Å². The Morgan fingerprint density at radius 3 is 2.50 bits per heavy atom. The fraction of sp³-hybridized carbons (Fsp3) is 0.200. The average molecular weight is 379 g/mol. The molecule has 1 unspecified atom stereocenters. The number of carbonyl (C=O) groups excluding carboxylic acids is 3. The highest BCUT2D eigenvalue weighted by Crippen LogP contribution is 2.18. The Labute approximate surface area is 162 Å². The number of nitrogens with zero attached hydrogens (tertiary/aromatic N) is 2. The summed E-state index contributed by atoms with van der Waals surface area (Å²) in [6.07, 6.45) is 0.137. The molecule has 1 aliphatic heterocycles. The molecule has 3 N–H and O–H groups in total. The molecule has 2 aromatic carbocycles. The van der Waals surface area contributed by atoms with E-state index >= 15 is 0 Å². The molecule has 8 nitrogen and oxygen atoms in total. The number of anilines is 2. The second-order valence-corrected chi connectivity index (χ2v) is 6.24. The van der Waals surface area contributed by atoms with Crippen molar-refractivity contribution in [2.75, 3.05) is 17.4 Å². The van der Waals surface area contributed by atoms with Crippen LogP contribution >= 0.6 is 0 Å². The highest BCUT2D eigenvalue weighted by atomic mass is 16.2. The summed E-state index contributed by atoms with van der Waals surface area (Å²) in [5.74, 6) is -0.901. The van der Waals surface area contributed by atoms with Gasteiger partial charge in [0.05, 0.1) is 12.1 Å². The van der Waals surface area contributed by atoms with Gasteiger partial charge < -0.3 is 10.6 Å². The Hall–Kier alpha value is -3.68. The fourth-order valence-corrected chi connectivity index (χ4v) is 2.74. The van der Waals surface area contributed by atoms with E-state index in [2.05, 4.69) is 21.1 Å². The summed E-state index contributed by atoms with van der Waals surface area (Å²) in [5.41, 5.74) is 4.58. The Bertz CT molecular complexity index is 926. The first-order valence-corrected chi connectivity index (χ1v) is 8.83. The zero-order valence-corrected chi connectivity index (χ0v) is 15.6. The number of hydrogen-bond acceptors (Lipinski definition) is 5. The van der Waals surface area contributed by atoms with Crippen LogP contribution in [0.15, 0.2) is 59.6 Å². The molecule has 0 aromatic heterocycles. The second-order valence-electron chi connectivity index (χ2n) is 6.24. The molecule has 144 valence electrons. The number of likely N-dealkylation sites (N-methyl/N-ethyl adjacent to an activating group) is 1. The predicted molar refractivity (Wildman–Crippen MR) is 107 cm³/mol. The van der Waals surface area contributed by atoms with Crippen LogP contribution in [0.5, 0.6) is 0 Å². The van der Waals surface area contributed by atoms with E-state index in [1.165, 1.54) is 5.01 Å². The van der Waals surface area contributed by atoms with Crippen molar-refractivity contribution in [2.24, 2.45) is 4.99 Å². The lowest BCUT2D eigenvalue weighted by molar-refractivity contribution is -0.121. The SMILES string of the molecule is CNC(=O)Cc1ccccc1NC(=O)C1=NC(C)C(=O)N(c2ccccc2)N1. The molecular weight excluding hydrogens is 358 g/mol. The standard InChI is InChI=1S/C20H21N5O3/c1-13-20(28)25(15-9-4-3-5-10-15)24-18(22-13)19(27)23-16-11-7-6-8-14(16)12-17(26)21-2/h3-11,13H,12H2,1-2H3,(H,21,26)(H,22,24)(H,23,27). The monoisotopic (exact) mass is 379 g/mol. The van der Waals surface area contributed by atoms with Crippen molar-refractivity contribution in [2.45, 2.75) is 19.4 Å². The summed E-state index contributed by atoms with van der Waals surface area (Å²) in [6.45, 7) is 1.63. The molecule has 0 saturated carbocycles. The van der Waals surface area contributed by atoms with E-state index in [0.717, 1.165) is 0 Å². The number of carbonyl (C=O) groups is 3. The minimum absolute atomic E-state index is 0.0192. The van der Waals surface area contributed by atoms with E-state index in [9.17, 15) is 14.4 Å². The van der Waals surface area contributed by atoms with Gasteiger partial charge in [-0.25, -0.2) is 10.0 Å². The molecule has 1 heterocycles.